The van der Waals surface area contributed by atoms with Crippen molar-refractivity contribution < 1.29 is 9.53 Å². The number of nitriles is 1. The zero-order valence-corrected chi connectivity index (χ0v) is 9.43. The fourth-order valence-corrected chi connectivity index (χ4v) is 1.29. The monoisotopic (exact) mass is 218 g/mol. The number of hydrogen-bond donors (Lipinski definition) is 0. The van der Waals surface area contributed by atoms with Crippen molar-refractivity contribution in [3.63, 3.8) is 0 Å². The van der Waals surface area contributed by atoms with Gasteiger partial charge in [-0.25, -0.2) is 0 Å². The van der Waals surface area contributed by atoms with E-state index in [9.17, 15) is 4.79 Å². The topological polar surface area (TPSA) is 53.3 Å². The van der Waals surface area contributed by atoms with Crippen molar-refractivity contribution in [2.24, 2.45) is 0 Å². The van der Waals surface area contributed by atoms with E-state index >= 15 is 0 Å². The van der Waals surface area contributed by atoms with E-state index in [2.05, 4.69) is 0 Å². The van der Waals surface area contributed by atoms with Crippen molar-refractivity contribution >= 4 is 5.91 Å². The van der Waals surface area contributed by atoms with Crippen LogP contribution in [0.2, 0.25) is 0 Å². The van der Waals surface area contributed by atoms with Crippen molar-refractivity contribution in [2.75, 3.05) is 20.7 Å². The third-order valence-electron chi connectivity index (χ3n) is 2.22. The summed E-state index contributed by atoms with van der Waals surface area (Å²) in [5.41, 5.74) is 0.883. The largest absolute Gasteiger partial charge is 0.497 e. The quantitative estimate of drug-likeness (QED) is 0.714. The minimum absolute atomic E-state index is 0.0743. The first-order valence-electron chi connectivity index (χ1n) is 4.91. The highest BCUT2D eigenvalue weighted by atomic mass is 16.5. The Morgan fingerprint density at radius 3 is 2.94 bits per heavy atom. The van der Waals surface area contributed by atoms with Crippen LogP contribution in [0.5, 0.6) is 5.75 Å². The number of likely N-dealkylation sites (N-methyl/N-ethyl adjacent to an activating group) is 1. The van der Waals surface area contributed by atoms with Gasteiger partial charge in [0.25, 0.3) is 0 Å². The molecule has 0 heterocycles. The average molecular weight is 218 g/mol. The van der Waals surface area contributed by atoms with E-state index < -0.39 is 0 Å². The summed E-state index contributed by atoms with van der Waals surface area (Å²) in [4.78, 5) is 13.0. The molecule has 0 aliphatic rings. The van der Waals surface area contributed by atoms with Gasteiger partial charge in [-0.3, -0.25) is 4.79 Å². The Hall–Kier alpha value is -2.02. The standard InChI is InChI=1S/C12H14N2O2/c1-14(7-6-13)12(15)9-10-4-3-5-11(8-10)16-2/h3-5,8H,7,9H2,1-2H3. The number of methoxy groups -OCH3 is 1. The lowest BCUT2D eigenvalue weighted by atomic mass is 10.1. The van der Waals surface area contributed by atoms with Crippen LogP contribution in [0.4, 0.5) is 0 Å². The lowest BCUT2D eigenvalue weighted by molar-refractivity contribution is -0.128. The molecule has 0 spiro atoms. The van der Waals surface area contributed by atoms with Gasteiger partial charge in [-0.15, -0.1) is 0 Å². The Morgan fingerprint density at radius 2 is 2.31 bits per heavy atom. The highest BCUT2D eigenvalue weighted by Gasteiger charge is 2.09. The maximum atomic E-state index is 11.6. The number of benzene rings is 1. The molecule has 0 unspecified atom stereocenters. The van der Waals surface area contributed by atoms with Gasteiger partial charge in [0.05, 0.1) is 19.6 Å². The second-order valence-electron chi connectivity index (χ2n) is 3.44. The number of amides is 1. The normalized spacial score (nSPS) is 9.31. The molecule has 0 N–H and O–H groups in total. The highest BCUT2D eigenvalue weighted by Crippen LogP contribution is 2.13. The van der Waals surface area contributed by atoms with E-state index in [0.717, 1.165) is 11.3 Å². The smallest absolute Gasteiger partial charge is 0.227 e. The minimum Gasteiger partial charge on any atom is -0.497 e. The SMILES string of the molecule is COc1cccc(CC(=O)N(C)CC#N)c1. The number of ether oxygens (including phenoxy) is 1. The highest BCUT2D eigenvalue weighted by molar-refractivity contribution is 5.78. The summed E-state index contributed by atoms with van der Waals surface area (Å²) < 4.78 is 5.07. The van der Waals surface area contributed by atoms with Gasteiger partial charge in [0.1, 0.15) is 12.3 Å². The molecule has 84 valence electrons. The Morgan fingerprint density at radius 1 is 1.56 bits per heavy atom. The van der Waals surface area contributed by atoms with Gasteiger partial charge >= 0.3 is 0 Å². The third kappa shape index (κ3) is 3.28. The first-order chi connectivity index (χ1) is 7.67. The molecule has 0 aliphatic carbocycles. The molecule has 0 aromatic heterocycles. The summed E-state index contributed by atoms with van der Waals surface area (Å²) in [6.07, 6.45) is 0.287. The summed E-state index contributed by atoms with van der Waals surface area (Å²) in [5, 5.41) is 8.47. The van der Waals surface area contributed by atoms with Gasteiger partial charge in [0, 0.05) is 7.05 Å². The predicted octanol–water partition coefficient (Wildman–Crippen LogP) is 1.22. The van der Waals surface area contributed by atoms with Crippen molar-refractivity contribution in [1.82, 2.24) is 4.90 Å². The van der Waals surface area contributed by atoms with Gasteiger partial charge < -0.3 is 9.64 Å². The van der Waals surface area contributed by atoms with E-state index in [0.29, 0.717) is 0 Å². The molecule has 1 aromatic rings. The van der Waals surface area contributed by atoms with Crippen LogP contribution in [0.15, 0.2) is 24.3 Å². The van der Waals surface area contributed by atoms with E-state index in [-0.39, 0.29) is 18.9 Å². The van der Waals surface area contributed by atoms with Crippen LogP contribution in [-0.4, -0.2) is 31.5 Å². The molecule has 0 radical (unpaired) electrons. The van der Waals surface area contributed by atoms with Crippen LogP contribution in [0.3, 0.4) is 0 Å². The Kier molecular flexibility index (Phi) is 4.34. The Bertz CT molecular complexity index is 410. The number of carbonyl (C=O) groups is 1. The Labute approximate surface area is 95.0 Å². The Balaban J connectivity index is 2.66. The van der Waals surface area contributed by atoms with Crippen molar-refractivity contribution in [1.29, 1.82) is 5.26 Å². The maximum absolute atomic E-state index is 11.6. The van der Waals surface area contributed by atoms with Gasteiger partial charge in [-0.2, -0.15) is 5.26 Å². The number of nitrogens with zero attached hydrogens (tertiary/aromatic N) is 2. The van der Waals surface area contributed by atoms with E-state index in [1.54, 1.807) is 14.2 Å². The molecule has 0 aliphatic heterocycles. The van der Waals surface area contributed by atoms with Crippen molar-refractivity contribution in [2.45, 2.75) is 6.42 Å². The molecule has 4 heteroatoms. The lowest BCUT2D eigenvalue weighted by Crippen LogP contribution is -2.28. The molecule has 1 amide bonds. The van der Waals surface area contributed by atoms with Gasteiger partial charge in [0.2, 0.25) is 5.91 Å². The summed E-state index contributed by atoms with van der Waals surface area (Å²) in [5.74, 6) is 0.656. The van der Waals surface area contributed by atoms with Crippen molar-refractivity contribution in [3.05, 3.63) is 29.8 Å². The minimum atomic E-state index is -0.0743. The average Bonchev–Trinajstić information content (AvgIpc) is 2.29. The molecular formula is C12H14N2O2. The zero-order valence-electron chi connectivity index (χ0n) is 9.43. The second-order valence-corrected chi connectivity index (χ2v) is 3.44. The summed E-state index contributed by atoms with van der Waals surface area (Å²) in [7, 11) is 3.20. The van der Waals surface area contributed by atoms with E-state index in [1.807, 2.05) is 30.3 Å². The maximum Gasteiger partial charge on any atom is 0.227 e. The van der Waals surface area contributed by atoms with Crippen molar-refractivity contribution in [3.8, 4) is 11.8 Å². The molecule has 0 fully saturated rings. The molecule has 0 atom stereocenters. The van der Waals surface area contributed by atoms with Crippen LogP contribution in [-0.2, 0) is 11.2 Å². The molecule has 16 heavy (non-hydrogen) atoms. The fraction of sp³-hybridized carbons (Fsp3) is 0.333. The third-order valence-corrected chi connectivity index (χ3v) is 2.22. The number of rotatable bonds is 4. The number of carbonyl (C=O) groups excluding carboxylic acids is 1. The molecule has 0 bridgehead atoms. The molecule has 1 aromatic carbocycles. The molecule has 1 rings (SSSR count). The lowest BCUT2D eigenvalue weighted by Gasteiger charge is -2.13. The number of hydrogen-bond acceptors (Lipinski definition) is 3. The molecule has 4 nitrogen and oxygen atoms in total. The first-order valence-corrected chi connectivity index (χ1v) is 4.91. The fourth-order valence-electron chi connectivity index (χ4n) is 1.29. The van der Waals surface area contributed by atoms with Crippen LogP contribution in [0.25, 0.3) is 0 Å². The van der Waals surface area contributed by atoms with E-state index in [1.165, 1.54) is 4.90 Å². The van der Waals surface area contributed by atoms with Gasteiger partial charge in [-0.1, -0.05) is 12.1 Å². The second kappa shape index (κ2) is 5.76. The van der Waals surface area contributed by atoms with Crippen LogP contribution in [0, 0.1) is 11.3 Å². The molecular weight excluding hydrogens is 204 g/mol. The van der Waals surface area contributed by atoms with Gasteiger partial charge in [-0.05, 0) is 17.7 Å². The molecule has 0 saturated carbocycles. The van der Waals surface area contributed by atoms with Crippen LogP contribution >= 0.6 is 0 Å². The summed E-state index contributed by atoms with van der Waals surface area (Å²) in [6, 6.07) is 9.28. The first kappa shape index (κ1) is 12.1. The van der Waals surface area contributed by atoms with Crippen LogP contribution < -0.4 is 4.74 Å². The predicted molar refractivity (Wildman–Crippen MR) is 59.9 cm³/mol. The summed E-state index contributed by atoms with van der Waals surface area (Å²) >= 11 is 0. The van der Waals surface area contributed by atoms with E-state index in [4.69, 9.17) is 10.00 Å². The zero-order chi connectivity index (χ0) is 12.0. The van der Waals surface area contributed by atoms with Crippen LogP contribution in [0.1, 0.15) is 5.56 Å². The summed E-state index contributed by atoms with van der Waals surface area (Å²) in [6.45, 7) is 0.114. The molecule has 0 saturated heterocycles. The van der Waals surface area contributed by atoms with Gasteiger partial charge in [0.15, 0.2) is 0 Å².